The van der Waals surface area contributed by atoms with Gasteiger partial charge in [-0.25, -0.2) is 4.98 Å². The van der Waals surface area contributed by atoms with Gasteiger partial charge in [0.25, 0.3) is 5.69 Å². The lowest BCUT2D eigenvalue weighted by atomic mass is 10.1. The van der Waals surface area contributed by atoms with E-state index in [0.29, 0.717) is 5.56 Å². The van der Waals surface area contributed by atoms with Crippen LogP contribution >= 0.6 is 11.3 Å². The van der Waals surface area contributed by atoms with Crippen molar-refractivity contribution >= 4 is 17.0 Å². The van der Waals surface area contributed by atoms with Crippen molar-refractivity contribution in [3.8, 4) is 11.3 Å². The number of nitrogens with two attached hydrogens (primary N) is 1. The molecular weight excluding hydrogens is 250 g/mol. The zero-order chi connectivity index (χ0) is 13.3. The first-order valence-electron chi connectivity index (χ1n) is 5.45. The van der Waals surface area contributed by atoms with Crippen LogP contribution < -0.4 is 5.73 Å². The van der Waals surface area contributed by atoms with Crippen LogP contribution in [-0.2, 0) is 0 Å². The van der Waals surface area contributed by atoms with Gasteiger partial charge in [0.2, 0.25) is 0 Å². The fourth-order valence-electron chi connectivity index (χ4n) is 1.59. The van der Waals surface area contributed by atoms with Gasteiger partial charge < -0.3 is 5.73 Å². The van der Waals surface area contributed by atoms with Crippen molar-refractivity contribution < 1.29 is 4.92 Å². The van der Waals surface area contributed by atoms with Crippen LogP contribution in [0.4, 0.5) is 5.69 Å². The molecule has 0 aliphatic rings. The number of nitro groups is 1. The smallest absolute Gasteiger partial charge is 0.272 e. The molecule has 18 heavy (non-hydrogen) atoms. The van der Waals surface area contributed by atoms with Gasteiger partial charge in [0, 0.05) is 22.6 Å². The lowest BCUT2D eigenvalue weighted by molar-refractivity contribution is -0.385. The van der Waals surface area contributed by atoms with Crippen LogP contribution in [0.25, 0.3) is 11.3 Å². The first-order valence-corrected chi connectivity index (χ1v) is 6.33. The van der Waals surface area contributed by atoms with E-state index >= 15 is 0 Å². The number of benzene rings is 1. The number of hydrogen-bond donors (Lipinski definition) is 1. The van der Waals surface area contributed by atoms with Crippen molar-refractivity contribution in [3.63, 3.8) is 0 Å². The molecule has 0 saturated carbocycles. The zero-order valence-corrected chi connectivity index (χ0v) is 10.9. The van der Waals surface area contributed by atoms with E-state index in [1.807, 2.05) is 18.4 Å². The van der Waals surface area contributed by atoms with E-state index in [0.717, 1.165) is 16.3 Å². The highest BCUT2D eigenvalue weighted by Gasteiger charge is 2.14. The van der Waals surface area contributed by atoms with Crippen molar-refractivity contribution in [2.24, 2.45) is 5.73 Å². The fourth-order valence-corrected chi connectivity index (χ4v) is 2.38. The van der Waals surface area contributed by atoms with Gasteiger partial charge in [0.05, 0.1) is 16.7 Å². The van der Waals surface area contributed by atoms with Crippen LogP contribution in [-0.4, -0.2) is 9.91 Å². The fraction of sp³-hybridized carbons (Fsp3) is 0.250. The summed E-state index contributed by atoms with van der Waals surface area (Å²) in [5.74, 6) is 0. The molecule has 5 nitrogen and oxygen atoms in total. The number of thiazole rings is 1. The number of rotatable bonds is 3. The average molecular weight is 263 g/mol. The van der Waals surface area contributed by atoms with Gasteiger partial charge in [0.15, 0.2) is 0 Å². The second-order valence-electron chi connectivity index (χ2n) is 4.12. The molecule has 0 fully saturated rings. The van der Waals surface area contributed by atoms with Gasteiger partial charge in [-0.15, -0.1) is 11.3 Å². The summed E-state index contributed by atoms with van der Waals surface area (Å²) >= 11 is 1.46. The first kappa shape index (κ1) is 12.7. The van der Waals surface area contributed by atoms with Crippen molar-refractivity contribution in [2.45, 2.75) is 19.9 Å². The van der Waals surface area contributed by atoms with Crippen LogP contribution in [0.3, 0.4) is 0 Å². The number of aromatic nitrogens is 1. The van der Waals surface area contributed by atoms with Gasteiger partial charge in [0.1, 0.15) is 5.01 Å². The molecule has 1 aromatic heterocycles. The Hall–Kier alpha value is -1.79. The molecule has 1 aromatic carbocycles. The first-order chi connectivity index (χ1) is 8.49. The summed E-state index contributed by atoms with van der Waals surface area (Å²) < 4.78 is 0. The minimum atomic E-state index is -0.377. The van der Waals surface area contributed by atoms with Gasteiger partial charge in [-0.3, -0.25) is 10.1 Å². The van der Waals surface area contributed by atoms with E-state index in [9.17, 15) is 10.1 Å². The summed E-state index contributed by atoms with van der Waals surface area (Å²) in [5.41, 5.74) is 7.98. The summed E-state index contributed by atoms with van der Waals surface area (Å²) in [6.07, 6.45) is 0. The molecule has 1 unspecified atom stereocenters. The van der Waals surface area contributed by atoms with E-state index in [4.69, 9.17) is 5.73 Å². The van der Waals surface area contributed by atoms with E-state index in [-0.39, 0.29) is 16.7 Å². The molecule has 0 bridgehead atoms. The van der Waals surface area contributed by atoms with E-state index in [1.54, 1.807) is 19.1 Å². The SMILES string of the molecule is Cc1ccc(-c2csc(C(C)N)n2)cc1[N+](=O)[O-]. The predicted molar refractivity (Wildman–Crippen MR) is 71.5 cm³/mol. The molecule has 0 radical (unpaired) electrons. The van der Waals surface area contributed by atoms with Gasteiger partial charge in [-0.2, -0.15) is 0 Å². The Bertz CT molecular complexity index is 593. The molecule has 0 aliphatic heterocycles. The second kappa shape index (κ2) is 4.83. The van der Waals surface area contributed by atoms with Crippen molar-refractivity contribution in [1.29, 1.82) is 0 Å². The third kappa shape index (κ3) is 2.39. The molecule has 0 saturated heterocycles. The van der Waals surface area contributed by atoms with Crippen LogP contribution in [0, 0.1) is 17.0 Å². The van der Waals surface area contributed by atoms with Crippen molar-refractivity contribution in [3.05, 3.63) is 44.3 Å². The van der Waals surface area contributed by atoms with Gasteiger partial charge in [-0.05, 0) is 13.8 Å². The quantitative estimate of drug-likeness (QED) is 0.681. The Morgan fingerprint density at radius 1 is 1.50 bits per heavy atom. The lowest BCUT2D eigenvalue weighted by Gasteiger charge is -2.01. The summed E-state index contributed by atoms with van der Waals surface area (Å²) in [7, 11) is 0. The molecule has 0 amide bonds. The largest absolute Gasteiger partial charge is 0.322 e. The van der Waals surface area contributed by atoms with E-state index in [2.05, 4.69) is 4.98 Å². The Kier molecular flexibility index (Phi) is 3.40. The van der Waals surface area contributed by atoms with Crippen LogP contribution in [0.5, 0.6) is 0 Å². The molecule has 2 N–H and O–H groups in total. The molecule has 1 atom stereocenters. The molecule has 2 rings (SSSR count). The minimum Gasteiger partial charge on any atom is -0.322 e. The summed E-state index contributed by atoms with van der Waals surface area (Å²) in [6, 6.07) is 5.00. The van der Waals surface area contributed by atoms with Crippen LogP contribution in [0.1, 0.15) is 23.5 Å². The van der Waals surface area contributed by atoms with Crippen molar-refractivity contribution in [1.82, 2.24) is 4.98 Å². The predicted octanol–water partition coefficient (Wildman–Crippen LogP) is 3.05. The maximum Gasteiger partial charge on any atom is 0.272 e. The van der Waals surface area contributed by atoms with Crippen molar-refractivity contribution in [2.75, 3.05) is 0 Å². The standard InChI is InChI=1S/C12H13N3O2S/c1-7-3-4-9(5-11(7)15(16)17)10-6-18-12(14-10)8(2)13/h3-6,8H,13H2,1-2H3. The minimum absolute atomic E-state index is 0.114. The number of hydrogen-bond acceptors (Lipinski definition) is 5. The summed E-state index contributed by atoms with van der Waals surface area (Å²) in [5, 5.41) is 13.6. The third-order valence-electron chi connectivity index (χ3n) is 2.61. The Morgan fingerprint density at radius 2 is 2.22 bits per heavy atom. The average Bonchev–Trinajstić information content (AvgIpc) is 2.78. The highest BCUT2D eigenvalue weighted by molar-refractivity contribution is 7.10. The Labute approximate surface area is 108 Å². The van der Waals surface area contributed by atoms with Gasteiger partial charge >= 0.3 is 0 Å². The lowest BCUT2D eigenvalue weighted by Crippen LogP contribution is -2.03. The number of nitrogens with zero attached hydrogens (tertiary/aromatic N) is 2. The molecule has 2 aromatic rings. The topological polar surface area (TPSA) is 82.0 Å². The monoisotopic (exact) mass is 263 g/mol. The normalized spacial score (nSPS) is 12.4. The highest BCUT2D eigenvalue weighted by Crippen LogP contribution is 2.28. The molecule has 0 spiro atoms. The summed E-state index contributed by atoms with van der Waals surface area (Å²) in [6.45, 7) is 3.58. The Balaban J connectivity index is 2.44. The van der Waals surface area contributed by atoms with Gasteiger partial charge in [-0.1, -0.05) is 12.1 Å². The van der Waals surface area contributed by atoms with Crippen LogP contribution in [0.15, 0.2) is 23.6 Å². The molecule has 6 heteroatoms. The maximum absolute atomic E-state index is 10.9. The molecule has 94 valence electrons. The number of aryl methyl sites for hydroxylation is 1. The number of nitro benzene ring substituents is 1. The maximum atomic E-state index is 10.9. The summed E-state index contributed by atoms with van der Waals surface area (Å²) in [4.78, 5) is 14.9. The third-order valence-corrected chi connectivity index (χ3v) is 3.66. The zero-order valence-electron chi connectivity index (χ0n) is 10.1. The molecular formula is C12H13N3O2S. The van der Waals surface area contributed by atoms with Crippen LogP contribution in [0.2, 0.25) is 0 Å². The molecule has 1 heterocycles. The van der Waals surface area contributed by atoms with E-state index in [1.165, 1.54) is 11.3 Å². The second-order valence-corrected chi connectivity index (χ2v) is 5.01. The Morgan fingerprint density at radius 3 is 2.78 bits per heavy atom. The highest BCUT2D eigenvalue weighted by atomic mass is 32.1. The molecule has 0 aliphatic carbocycles. The van der Waals surface area contributed by atoms with E-state index < -0.39 is 0 Å².